The quantitative estimate of drug-likeness (QED) is 0.384. The highest BCUT2D eigenvalue weighted by Gasteiger charge is 2.70. The molecule has 3 fully saturated rings. The molecular weight excluding hydrogens is 474 g/mol. The zero-order chi connectivity index (χ0) is 27.5. The Labute approximate surface area is 228 Å². The van der Waals surface area contributed by atoms with Crippen molar-refractivity contribution in [2.45, 2.75) is 112 Å². The molecule has 5 aliphatic carbocycles. The van der Waals surface area contributed by atoms with E-state index in [9.17, 15) is 9.59 Å². The van der Waals surface area contributed by atoms with Gasteiger partial charge in [0.25, 0.3) is 0 Å². The van der Waals surface area contributed by atoms with Crippen LogP contribution in [0.2, 0.25) is 0 Å². The highest BCUT2D eigenvalue weighted by molar-refractivity contribution is 5.95. The molecule has 1 heterocycles. The highest BCUT2D eigenvalue weighted by atomic mass is 16.5. The van der Waals surface area contributed by atoms with Gasteiger partial charge in [0.05, 0.1) is 19.7 Å². The van der Waals surface area contributed by atoms with E-state index < -0.39 is 0 Å². The Morgan fingerprint density at radius 1 is 1.05 bits per heavy atom. The minimum atomic E-state index is -0.130. The fraction of sp³-hybridized carbons (Fsp3) is 0.788. The van der Waals surface area contributed by atoms with Crippen LogP contribution in [0, 0.1) is 44.8 Å². The number of carbonyl (C=O) groups is 2. The van der Waals surface area contributed by atoms with Crippen LogP contribution in [0.25, 0.3) is 0 Å². The van der Waals surface area contributed by atoms with Crippen LogP contribution in [-0.4, -0.2) is 24.0 Å². The molecule has 38 heavy (non-hydrogen) atoms. The van der Waals surface area contributed by atoms with Crippen LogP contribution < -0.4 is 0 Å². The van der Waals surface area contributed by atoms with Gasteiger partial charge in [-0.15, -0.1) is 0 Å². The molecule has 3 unspecified atom stereocenters. The van der Waals surface area contributed by atoms with Crippen molar-refractivity contribution in [1.29, 1.82) is 0 Å². The fourth-order valence-electron chi connectivity index (χ4n) is 11.1. The van der Waals surface area contributed by atoms with Crippen molar-refractivity contribution in [3.05, 3.63) is 29.2 Å². The van der Waals surface area contributed by atoms with Gasteiger partial charge in [-0.05, 0) is 96.4 Å². The van der Waals surface area contributed by atoms with Gasteiger partial charge in [-0.1, -0.05) is 59.2 Å². The second kappa shape index (κ2) is 7.85. The summed E-state index contributed by atoms with van der Waals surface area (Å²) in [5.74, 6) is 1.79. The summed E-state index contributed by atoms with van der Waals surface area (Å²) in [6.07, 6.45) is 12.7. The van der Waals surface area contributed by atoms with Crippen molar-refractivity contribution in [3.63, 3.8) is 0 Å². The summed E-state index contributed by atoms with van der Waals surface area (Å²) < 4.78 is 11.0. The van der Waals surface area contributed by atoms with E-state index in [1.54, 1.807) is 0 Å². The predicted octanol–water partition coefficient (Wildman–Crippen LogP) is 7.23. The van der Waals surface area contributed by atoms with Gasteiger partial charge in [-0.3, -0.25) is 9.59 Å². The number of ketones is 1. The number of hydrogen-bond acceptors (Lipinski definition) is 5. The molecule has 0 N–H and O–H groups in total. The van der Waals surface area contributed by atoms with Crippen molar-refractivity contribution >= 4 is 11.8 Å². The minimum Gasteiger partial charge on any atom is -0.469 e. The van der Waals surface area contributed by atoms with Crippen LogP contribution in [-0.2, 0) is 26.2 Å². The first-order valence-electron chi connectivity index (χ1n) is 14.9. The van der Waals surface area contributed by atoms with Gasteiger partial charge in [0.2, 0.25) is 0 Å². The standard InChI is InChI=1S/C33H47NO4/c1-28(2)11-13-33(18-25(36)37-8)14-12-32(7)26(21(33)17-28)22(35)15-24-30(5)16-20-19-34-38-27(20)29(3,4)23(30)9-10-31(24,32)6/h15,19,21,23,26H,9-14,16-18H2,1-8H3/t21?,23?,26?,30-,31+,32+,33+/m0/s1. The van der Waals surface area contributed by atoms with E-state index in [2.05, 4.69) is 59.7 Å². The third kappa shape index (κ3) is 3.19. The molecule has 0 amide bonds. The van der Waals surface area contributed by atoms with Gasteiger partial charge in [-0.25, -0.2) is 0 Å². The number of rotatable bonds is 2. The van der Waals surface area contributed by atoms with Crippen LogP contribution in [0.1, 0.15) is 111 Å². The van der Waals surface area contributed by atoms with Crippen LogP contribution in [0.3, 0.4) is 0 Å². The maximum Gasteiger partial charge on any atom is 0.306 e. The monoisotopic (exact) mass is 521 g/mol. The molecule has 0 radical (unpaired) electrons. The number of carbonyl (C=O) groups excluding carboxylic acids is 2. The first-order valence-corrected chi connectivity index (χ1v) is 14.9. The van der Waals surface area contributed by atoms with E-state index in [-0.39, 0.29) is 50.3 Å². The molecule has 0 aromatic carbocycles. The van der Waals surface area contributed by atoms with E-state index in [0.29, 0.717) is 18.1 Å². The van der Waals surface area contributed by atoms with Crippen molar-refractivity contribution in [2.24, 2.45) is 44.8 Å². The third-order valence-electron chi connectivity index (χ3n) is 13.2. The lowest BCUT2D eigenvalue weighted by molar-refractivity contribution is -0.179. The molecule has 3 saturated carbocycles. The first-order chi connectivity index (χ1) is 17.6. The molecule has 0 spiro atoms. The molecule has 208 valence electrons. The van der Waals surface area contributed by atoms with E-state index in [1.165, 1.54) is 18.2 Å². The topological polar surface area (TPSA) is 69.4 Å². The Kier molecular flexibility index (Phi) is 5.43. The van der Waals surface area contributed by atoms with Crippen molar-refractivity contribution in [2.75, 3.05) is 7.11 Å². The predicted molar refractivity (Wildman–Crippen MR) is 146 cm³/mol. The van der Waals surface area contributed by atoms with Gasteiger partial charge in [0.15, 0.2) is 5.78 Å². The molecule has 1 aromatic rings. The largest absolute Gasteiger partial charge is 0.469 e. The number of methoxy groups -OCH3 is 1. The Bertz CT molecular complexity index is 1220. The number of esters is 1. The summed E-state index contributed by atoms with van der Waals surface area (Å²) in [6, 6.07) is 0. The summed E-state index contributed by atoms with van der Waals surface area (Å²) in [6.45, 7) is 16.7. The van der Waals surface area contributed by atoms with E-state index in [0.717, 1.165) is 57.1 Å². The lowest BCUT2D eigenvalue weighted by Gasteiger charge is -2.69. The molecule has 5 nitrogen and oxygen atoms in total. The Morgan fingerprint density at radius 3 is 2.47 bits per heavy atom. The maximum atomic E-state index is 14.5. The van der Waals surface area contributed by atoms with Crippen molar-refractivity contribution in [3.8, 4) is 0 Å². The molecule has 5 aliphatic rings. The summed E-state index contributed by atoms with van der Waals surface area (Å²) >= 11 is 0. The van der Waals surface area contributed by atoms with E-state index >= 15 is 0 Å². The van der Waals surface area contributed by atoms with E-state index in [4.69, 9.17) is 9.26 Å². The average Bonchev–Trinajstić information content (AvgIpc) is 3.30. The Morgan fingerprint density at radius 2 is 1.76 bits per heavy atom. The lowest BCUT2D eigenvalue weighted by atomic mass is 9.34. The van der Waals surface area contributed by atoms with Gasteiger partial charge in [0, 0.05) is 16.9 Å². The molecule has 6 rings (SSSR count). The van der Waals surface area contributed by atoms with Gasteiger partial charge >= 0.3 is 5.97 Å². The zero-order valence-electron chi connectivity index (χ0n) is 24.8. The number of allylic oxidation sites excluding steroid dienone is 2. The van der Waals surface area contributed by atoms with Gasteiger partial charge < -0.3 is 9.26 Å². The summed E-state index contributed by atoms with van der Waals surface area (Å²) in [5, 5.41) is 4.20. The van der Waals surface area contributed by atoms with Crippen LogP contribution in [0.5, 0.6) is 0 Å². The first kappa shape index (κ1) is 26.3. The second-order valence-corrected chi connectivity index (χ2v) is 15.9. The number of ether oxygens (including phenoxy) is 1. The van der Waals surface area contributed by atoms with Gasteiger partial charge in [0.1, 0.15) is 5.76 Å². The van der Waals surface area contributed by atoms with Crippen molar-refractivity contribution in [1.82, 2.24) is 5.16 Å². The lowest BCUT2D eigenvalue weighted by Crippen LogP contribution is -2.65. The molecule has 7 atom stereocenters. The third-order valence-corrected chi connectivity index (χ3v) is 13.2. The Balaban J connectivity index is 1.48. The fourth-order valence-corrected chi connectivity index (χ4v) is 11.1. The average molecular weight is 522 g/mol. The minimum absolute atomic E-state index is 0.0443. The molecular formula is C33H47NO4. The number of aromatic nitrogens is 1. The second-order valence-electron chi connectivity index (χ2n) is 15.9. The van der Waals surface area contributed by atoms with E-state index in [1.807, 2.05) is 6.20 Å². The summed E-state index contributed by atoms with van der Waals surface area (Å²) in [5.41, 5.74) is 2.21. The normalized spacial score (nSPS) is 44.5. The summed E-state index contributed by atoms with van der Waals surface area (Å²) in [7, 11) is 1.50. The van der Waals surface area contributed by atoms with Crippen molar-refractivity contribution < 1.29 is 18.8 Å². The van der Waals surface area contributed by atoms with Crippen LogP contribution in [0.4, 0.5) is 0 Å². The Hall–Kier alpha value is -1.91. The smallest absolute Gasteiger partial charge is 0.306 e. The van der Waals surface area contributed by atoms with Crippen LogP contribution >= 0.6 is 0 Å². The van der Waals surface area contributed by atoms with Gasteiger partial charge in [-0.2, -0.15) is 0 Å². The zero-order valence-corrected chi connectivity index (χ0v) is 24.8. The number of hydrogen-bond donors (Lipinski definition) is 0. The molecule has 0 bridgehead atoms. The molecule has 0 aliphatic heterocycles. The maximum absolute atomic E-state index is 14.5. The van der Waals surface area contributed by atoms with Crippen LogP contribution in [0.15, 0.2) is 22.4 Å². The molecule has 0 saturated heterocycles. The number of nitrogens with zero attached hydrogens (tertiary/aromatic N) is 1. The molecule has 5 heteroatoms. The number of fused-ring (bicyclic) bond motifs is 8. The SMILES string of the molecule is COC(=O)C[C@]12CCC(C)(C)CC1C1C(=O)C=C3[C@@]4(C)Cc5cnoc5C(C)(C)C4CC[C@@]3(C)[C@]1(C)CC2. The highest BCUT2D eigenvalue weighted by Crippen LogP contribution is 2.75. The summed E-state index contributed by atoms with van der Waals surface area (Å²) in [4.78, 5) is 27.3. The molecule has 1 aromatic heterocycles.